The van der Waals surface area contributed by atoms with Gasteiger partial charge in [-0.2, -0.15) is 0 Å². The summed E-state index contributed by atoms with van der Waals surface area (Å²) in [5, 5.41) is 9.06. The number of aliphatic hydroxyl groups is 1. The minimum Gasteiger partial charge on any atom is -0.389 e. The monoisotopic (exact) mass is 315 g/mol. The Balaban J connectivity index is 1.90. The molecule has 0 saturated carbocycles. The molecule has 1 fully saturated rings. The lowest BCUT2D eigenvalue weighted by Crippen LogP contribution is -2.55. The summed E-state index contributed by atoms with van der Waals surface area (Å²) in [5.74, 6) is 0.100. The SMILES string of the molecule is CC(Sc1ccc(Br)cc1)C(=O)N1CC(O)C1. The van der Waals surface area contributed by atoms with Crippen LogP contribution in [0.15, 0.2) is 33.6 Å². The van der Waals surface area contributed by atoms with E-state index in [0.717, 1.165) is 9.37 Å². The number of thioether (sulfide) groups is 1. The molecule has 1 amide bonds. The molecule has 0 aromatic heterocycles. The van der Waals surface area contributed by atoms with Crippen LogP contribution in [-0.2, 0) is 4.79 Å². The van der Waals surface area contributed by atoms with E-state index in [1.54, 1.807) is 16.7 Å². The Morgan fingerprint density at radius 3 is 2.59 bits per heavy atom. The molecule has 1 aliphatic rings. The van der Waals surface area contributed by atoms with Gasteiger partial charge in [-0.3, -0.25) is 4.79 Å². The second-order valence-corrected chi connectivity index (χ2v) is 6.44. The fourth-order valence-electron chi connectivity index (χ4n) is 1.66. The molecule has 92 valence electrons. The zero-order valence-corrected chi connectivity index (χ0v) is 11.9. The van der Waals surface area contributed by atoms with Gasteiger partial charge < -0.3 is 10.0 Å². The number of β-amino-alcohol motifs (C(OH)–C–C–N with tert-alkyl or cyclic N) is 1. The average molecular weight is 316 g/mol. The first kappa shape index (κ1) is 12.9. The molecule has 17 heavy (non-hydrogen) atoms. The quantitative estimate of drug-likeness (QED) is 0.869. The van der Waals surface area contributed by atoms with Crippen molar-refractivity contribution in [2.45, 2.75) is 23.2 Å². The fraction of sp³-hybridized carbons (Fsp3) is 0.417. The molecular weight excluding hydrogens is 302 g/mol. The average Bonchev–Trinajstić information content (AvgIpc) is 2.27. The Labute approximate surface area is 113 Å². The molecule has 1 aromatic carbocycles. The van der Waals surface area contributed by atoms with Crippen molar-refractivity contribution in [3.63, 3.8) is 0 Å². The molecule has 1 aromatic rings. The second kappa shape index (κ2) is 5.42. The molecule has 0 bridgehead atoms. The molecule has 1 atom stereocenters. The van der Waals surface area contributed by atoms with E-state index < -0.39 is 0 Å². The largest absolute Gasteiger partial charge is 0.389 e. The Bertz CT molecular complexity index is 403. The summed E-state index contributed by atoms with van der Waals surface area (Å²) in [7, 11) is 0. The lowest BCUT2D eigenvalue weighted by atomic mass is 10.1. The molecule has 1 aliphatic heterocycles. The number of benzene rings is 1. The number of likely N-dealkylation sites (tertiary alicyclic amines) is 1. The van der Waals surface area contributed by atoms with Crippen molar-refractivity contribution in [1.29, 1.82) is 0 Å². The van der Waals surface area contributed by atoms with Crippen molar-refractivity contribution in [1.82, 2.24) is 4.90 Å². The molecule has 0 spiro atoms. The summed E-state index contributed by atoms with van der Waals surface area (Å²) in [5.41, 5.74) is 0. The van der Waals surface area contributed by atoms with Crippen LogP contribution in [0.25, 0.3) is 0 Å². The van der Waals surface area contributed by atoms with Crippen LogP contribution >= 0.6 is 27.7 Å². The summed E-state index contributed by atoms with van der Waals surface area (Å²) < 4.78 is 1.03. The highest BCUT2D eigenvalue weighted by Crippen LogP contribution is 2.26. The number of carbonyl (C=O) groups is 1. The van der Waals surface area contributed by atoms with Gasteiger partial charge in [0.25, 0.3) is 0 Å². The summed E-state index contributed by atoms with van der Waals surface area (Å²) in [6.45, 7) is 2.86. The molecule has 3 nitrogen and oxygen atoms in total. The van der Waals surface area contributed by atoms with Gasteiger partial charge >= 0.3 is 0 Å². The van der Waals surface area contributed by atoms with E-state index in [9.17, 15) is 4.79 Å². The summed E-state index contributed by atoms with van der Waals surface area (Å²) in [4.78, 5) is 14.7. The number of hydrogen-bond acceptors (Lipinski definition) is 3. The molecule has 0 radical (unpaired) electrons. The van der Waals surface area contributed by atoms with Gasteiger partial charge in [-0.25, -0.2) is 0 Å². The molecule has 2 rings (SSSR count). The maximum atomic E-state index is 11.9. The van der Waals surface area contributed by atoms with E-state index in [1.165, 1.54) is 0 Å². The van der Waals surface area contributed by atoms with Crippen LogP contribution in [0.5, 0.6) is 0 Å². The number of halogens is 1. The van der Waals surface area contributed by atoms with Gasteiger partial charge in [0.2, 0.25) is 5.91 Å². The fourth-order valence-corrected chi connectivity index (χ4v) is 2.88. The van der Waals surface area contributed by atoms with Crippen LogP contribution in [0.4, 0.5) is 0 Å². The number of rotatable bonds is 3. The van der Waals surface area contributed by atoms with Crippen molar-refractivity contribution in [3.05, 3.63) is 28.7 Å². The summed E-state index contributed by atoms with van der Waals surface area (Å²) in [6, 6.07) is 7.91. The third-order valence-electron chi connectivity index (χ3n) is 2.65. The normalized spacial score (nSPS) is 17.7. The van der Waals surface area contributed by atoms with Crippen LogP contribution in [0.3, 0.4) is 0 Å². The predicted molar refractivity (Wildman–Crippen MR) is 72.0 cm³/mol. The number of nitrogens with zero attached hydrogens (tertiary/aromatic N) is 1. The maximum Gasteiger partial charge on any atom is 0.235 e. The van der Waals surface area contributed by atoms with Crippen molar-refractivity contribution < 1.29 is 9.90 Å². The predicted octanol–water partition coefficient (Wildman–Crippen LogP) is 2.13. The van der Waals surface area contributed by atoms with E-state index in [-0.39, 0.29) is 17.3 Å². The number of aliphatic hydroxyl groups excluding tert-OH is 1. The molecular formula is C12H14BrNO2S. The molecule has 5 heteroatoms. The van der Waals surface area contributed by atoms with Crippen LogP contribution in [0, 0.1) is 0 Å². The van der Waals surface area contributed by atoms with Gasteiger partial charge in [-0.1, -0.05) is 15.9 Å². The molecule has 1 saturated heterocycles. The molecule has 1 unspecified atom stereocenters. The molecule has 1 N–H and O–H groups in total. The maximum absolute atomic E-state index is 11.9. The van der Waals surface area contributed by atoms with E-state index >= 15 is 0 Å². The van der Waals surface area contributed by atoms with Crippen molar-refractivity contribution in [2.24, 2.45) is 0 Å². The Hall–Kier alpha value is -0.520. The van der Waals surface area contributed by atoms with Gasteiger partial charge in [-0.05, 0) is 31.2 Å². The van der Waals surface area contributed by atoms with Gasteiger partial charge in [0.15, 0.2) is 0 Å². The lowest BCUT2D eigenvalue weighted by molar-refractivity contribution is -0.140. The van der Waals surface area contributed by atoms with E-state index in [2.05, 4.69) is 15.9 Å². The van der Waals surface area contributed by atoms with Gasteiger partial charge in [0.05, 0.1) is 11.4 Å². The van der Waals surface area contributed by atoms with Crippen LogP contribution in [-0.4, -0.2) is 40.4 Å². The second-order valence-electron chi connectivity index (χ2n) is 4.11. The van der Waals surface area contributed by atoms with Crippen LogP contribution in [0.1, 0.15) is 6.92 Å². The topological polar surface area (TPSA) is 40.5 Å². The minimum absolute atomic E-state index is 0.100. The van der Waals surface area contributed by atoms with Crippen LogP contribution in [0.2, 0.25) is 0 Å². The standard InChI is InChI=1S/C12H14BrNO2S/c1-8(12(16)14-6-10(15)7-14)17-11-4-2-9(13)3-5-11/h2-5,8,10,15H,6-7H2,1H3. The number of hydrogen-bond donors (Lipinski definition) is 1. The Morgan fingerprint density at radius 2 is 2.06 bits per heavy atom. The van der Waals surface area contributed by atoms with Gasteiger partial charge in [0, 0.05) is 22.5 Å². The van der Waals surface area contributed by atoms with Crippen molar-refractivity contribution in [2.75, 3.05) is 13.1 Å². The minimum atomic E-state index is -0.330. The third kappa shape index (κ3) is 3.24. The number of amides is 1. The molecule has 1 heterocycles. The highest BCUT2D eigenvalue weighted by atomic mass is 79.9. The number of carbonyl (C=O) groups excluding carboxylic acids is 1. The molecule has 0 aliphatic carbocycles. The van der Waals surface area contributed by atoms with Crippen LogP contribution < -0.4 is 0 Å². The first-order valence-corrected chi connectivity index (χ1v) is 7.12. The highest BCUT2D eigenvalue weighted by Gasteiger charge is 2.31. The van der Waals surface area contributed by atoms with E-state index in [1.807, 2.05) is 31.2 Å². The summed E-state index contributed by atoms with van der Waals surface area (Å²) in [6.07, 6.45) is -0.330. The van der Waals surface area contributed by atoms with E-state index in [4.69, 9.17) is 5.11 Å². The Morgan fingerprint density at radius 1 is 1.47 bits per heavy atom. The van der Waals surface area contributed by atoms with Crippen molar-refractivity contribution >= 4 is 33.6 Å². The van der Waals surface area contributed by atoms with Gasteiger partial charge in [-0.15, -0.1) is 11.8 Å². The first-order valence-electron chi connectivity index (χ1n) is 5.45. The zero-order chi connectivity index (χ0) is 12.4. The lowest BCUT2D eigenvalue weighted by Gasteiger charge is -2.37. The van der Waals surface area contributed by atoms with Gasteiger partial charge in [0.1, 0.15) is 0 Å². The van der Waals surface area contributed by atoms with E-state index in [0.29, 0.717) is 13.1 Å². The summed E-state index contributed by atoms with van der Waals surface area (Å²) >= 11 is 4.92. The zero-order valence-electron chi connectivity index (χ0n) is 9.47. The van der Waals surface area contributed by atoms with Crippen molar-refractivity contribution in [3.8, 4) is 0 Å². The first-order chi connectivity index (χ1) is 8.06. The third-order valence-corrected chi connectivity index (χ3v) is 4.28. The highest BCUT2D eigenvalue weighted by molar-refractivity contribution is 9.10. The Kier molecular flexibility index (Phi) is 4.12. The smallest absolute Gasteiger partial charge is 0.235 e.